The fourth-order valence-electron chi connectivity index (χ4n) is 3.83. The third kappa shape index (κ3) is 5.68. The Morgan fingerprint density at radius 1 is 0.865 bits per heavy atom. The number of fused-ring (bicyclic) bond motifs is 1. The highest BCUT2D eigenvalue weighted by Gasteiger charge is 2.21. The fourth-order valence-corrected chi connectivity index (χ4v) is 4.78. The van der Waals surface area contributed by atoms with E-state index >= 15 is 0 Å². The van der Waals surface area contributed by atoms with E-state index in [9.17, 15) is 4.79 Å². The predicted octanol–water partition coefficient (Wildman–Crippen LogP) is 6.59. The lowest BCUT2D eigenvalue weighted by Gasteiger charge is -2.14. The molecule has 0 radical (unpaired) electrons. The van der Waals surface area contributed by atoms with Crippen molar-refractivity contribution in [1.82, 2.24) is 4.98 Å². The molecular formula is C30H25N3O3S. The average Bonchev–Trinajstić information content (AvgIpc) is 3.37. The first-order valence-corrected chi connectivity index (χ1v) is 12.5. The second-order valence-electron chi connectivity index (χ2n) is 8.32. The SMILES string of the molecule is COc1ccc(/C=N/N(C(=O)c2ccc(Cc3ccccc3)cc2)c2nc3ccc(OC)cc3s2)cc1. The van der Waals surface area contributed by atoms with Gasteiger partial charge in [-0.1, -0.05) is 53.8 Å². The zero-order chi connectivity index (χ0) is 25.6. The molecule has 0 saturated heterocycles. The van der Waals surface area contributed by atoms with Crippen molar-refractivity contribution in [3.63, 3.8) is 0 Å². The van der Waals surface area contributed by atoms with Crippen molar-refractivity contribution < 1.29 is 14.3 Å². The van der Waals surface area contributed by atoms with Crippen LogP contribution in [0.1, 0.15) is 27.0 Å². The Labute approximate surface area is 219 Å². The Bertz CT molecular complexity index is 1530. The zero-order valence-electron chi connectivity index (χ0n) is 20.5. The van der Waals surface area contributed by atoms with Crippen LogP contribution in [0.25, 0.3) is 10.2 Å². The van der Waals surface area contributed by atoms with Crippen molar-refractivity contribution >= 4 is 38.8 Å². The van der Waals surface area contributed by atoms with E-state index in [1.165, 1.54) is 21.9 Å². The number of carbonyl (C=O) groups excluding carboxylic acids is 1. The highest BCUT2D eigenvalue weighted by Crippen LogP contribution is 2.32. The van der Waals surface area contributed by atoms with Gasteiger partial charge in [-0.25, -0.2) is 4.98 Å². The number of aromatic nitrogens is 1. The molecule has 4 aromatic carbocycles. The number of hydrogen-bond acceptors (Lipinski definition) is 6. The number of ether oxygens (including phenoxy) is 2. The number of thiazole rings is 1. The van der Waals surface area contributed by atoms with Crippen LogP contribution in [0.5, 0.6) is 11.5 Å². The van der Waals surface area contributed by atoms with Gasteiger partial charge in [0, 0.05) is 5.56 Å². The molecule has 0 aliphatic rings. The first kappa shape index (κ1) is 24.2. The minimum Gasteiger partial charge on any atom is -0.497 e. The van der Waals surface area contributed by atoms with E-state index in [4.69, 9.17) is 9.47 Å². The van der Waals surface area contributed by atoms with Gasteiger partial charge in [-0.15, -0.1) is 0 Å². The smallest absolute Gasteiger partial charge is 0.280 e. The highest BCUT2D eigenvalue weighted by molar-refractivity contribution is 7.22. The number of carbonyl (C=O) groups is 1. The van der Waals surface area contributed by atoms with Crippen LogP contribution in [-0.4, -0.2) is 31.3 Å². The minimum atomic E-state index is -0.262. The Morgan fingerprint density at radius 2 is 1.54 bits per heavy atom. The van der Waals surface area contributed by atoms with Gasteiger partial charge in [0.05, 0.1) is 30.7 Å². The van der Waals surface area contributed by atoms with Gasteiger partial charge in [0.1, 0.15) is 11.5 Å². The largest absolute Gasteiger partial charge is 0.497 e. The summed E-state index contributed by atoms with van der Waals surface area (Å²) in [6.45, 7) is 0. The first-order chi connectivity index (χ1) is 18.1. The molecule has 0 unspecified atom stereocenters. The van der Waals surface area contributed by atoms with E-state index in [1.54, 1.807) is 20.4 Å². The van der Waals surface area contributed by atoms with Gasteiger partial charge in [-0.3, -0.25) is 4.79 Å². The molecule has 0 spiro atoms. The molecule has 184 valence electrons. The van der Waals surface area contributed by atoms with E-state index in [1.807, 2.05) is 84.9 Å². The average molecular weight is 508 g/mol. The second-order valence-corrected chi connectivity index (χ2v) is 9.33. The molecule has 0 saturated carbocycles. The lowest BCUT2D eigenvalue weighted by atomic mass is 10.0. The monoisotopic (exact) mass is 507 g/mol. The predicted molar refractivity (Wildman–Crippen MR) is 149 cm³/mol. The van der Waals surface area contributed by atoms with Crippen LogP contribution in [0.3, 0.4) is 0 Å². The van der Waals surface area contributed by atoms with E-state index < -0.39 is 0 Å². The number of hydrazone groups is 1. The Hall–Kier alpha value is -4.49. The number of rotatable bonds is 8. The standard InChI is InChI=1S/C30H25N3O3S/c1-35-25-14-10-23(11-15-25)20-31-33(30-32-27-17-16-26(36-2)19-28(27)37-30)29(34)24-12-8-22(9-13-24)18-21-6-4-3-5-7-21/h3-17,19-20H,18H2,1-2H3/b31-20+. The number of benzene rings is 4. The summed E-state index contributed by atoms with van der Waals surface area (Å²) in [5.74, 6) is 1.22. The number of methoxy groups -OCH3 is 2. The molecule has 1 amide bonds. The van der Waals surface area contributed by atoms with Crippen LogP contribution >= 0.6 is 11.3 Å². The molecule has 5 rings (SSSR count). The molecule has 0 fully saturated rings. The molecule has 1 aromatic heterocycles. The Kier molecular flexibility index (Phi) is 7.23. The van der Waals surface area contributed by atoms with Gasteiger partial charge in [-0.2, -0.15) is 10.1 Å². The number of hydrogen-bond donors (Lipinski definition) is 0. The molecule has 7 heteroatoms. The molecule has 37 heavy (non-hydrogen) atoms. The normalized spacial score (nSPS) is 11.1. The summed E-state index contributed by atoms with van der Waals surface area (Å²) in [4.78, 5) is 18.4. The van der Waals surface area contributed by atoms with Gasteiger partial charge in [0.25, 0.3) is 5.91 Å². The van der Waals surface area contributed by atoms with Gasteiger partial charge in [0.15, 0.2) is 0 Å². The summed E-state index contributed by atoms with van der Waals surface area (Å²) in [6.07, 6.45) is 2.45. The Morgan fingerprint density at radius 3 is 2.24 bits per heavy atom. The van der Waals surface area contributed by atoms with Crippen LogP contribution in [0, 0.1) is 0 Å². The van der Waals surface area contributed by atoms with Crippen LogP contribution in [0.4, 0.5) is 5.13 Å². The number of nitrogens with zero attached hydrogens (tertiary/aromatic N) is 3. The molecule has 1 heterocycles. The van der Waals surface area contributed by atoms with Gasteiger partial charge in [-0.05, 0) is 77.7 Å². The molecule has 0 bridgehead atoms. The summed E-state index contributed by atoms with van der Waals surface area (Å²) in [7, 11) is 3.25. The number of amides is 1. The van der Waals surface area contributed by atoms with Crippen molar-refractivity contribution in [2.45, 2.75) is 6.42 Å². The maximum Gasteiger partial charge on any atom is 0.280 e. The van der Waals surface area contributed by atoms with Crippen molar-refractivity contribution in [2.24, 2.45) is 5.10 Å². The van der Waals surface area contributed by atoms with Crippen molar-refractivity contribution in [3.8, 4) is 11.5 Å². The minimum absolute atomic E-state index is 0.262. The molecule has 0 N–H and O–H groups in total. The van der Waals surface area contributed by atoms with Crippen LogP contribution in [0.2, 0.25) is 0 Å². The fraction of sp³-hybridized carbons (Fsp3) is 0.100. The van der Waals surface area contributed by atoms with E-state index in [0.717, 1.165) is 39.3 Å². The summed E-state index contributed by atoms with van der Waals surface area (Å²) < 4.78 is 11.5. The third-order valence-electron chi connectivity index (χ3n) is 5.85. The van der Waals surface area contributed by atoms with Crippen molar-refractivity contribution in [1.29, 1.82) is 0 Å². The first-order valence-electron chi connectivity index (χ1n) is 11.7. The van der Waals surface area contributed by atoms with Crippen LogP contribution in [-0.2, 0) is 6.42 Å². The van der Waals surface area contributed by atoms with Crippen molar-refractivity contribution in [3.05, 3.63) is 119 Å². The summed E-state index contributed by atoms with van der Waals surface area (Å²) >= 11 is 1.38. The van der Waals surface area contributed by atoms with E-state index in [-0.39, 0.29) is 5.91 Å². The maximum absolute atomic E-state index is 13.7. The quantitative estimate of drug-likeness (QED) is 0.176. The lowest BCUT2D eigenvalue weighted by molar-refractivity contribution is 0.0988. The molecule has 0 aliphatic heterocycles. The lowest BCUT2D eigenvalue weighted by Crippen LogP contribution is -2.25. The highest BCUT2D eigenvalue weighted by atomic mass is 32.1. The van der Waals surface area contributed by atoms with E-state index in [0.29, 0.717) is 10.7 Å². The topological polar surface area (TPSA) is 64.0 Å². The number of anilines is 1. The molecule has 0 aliphatic carbocycles. The summed E-state index contributed by atoms with van der Waals surface area (Å²) in [5.41, 5.74) is 4.48. The molecular weight excluding hydrogens is 482 g/mol. The van der Waals surface area contributed by atoms with Crippen LogP contribution in [0.15, 0.2) is 102 Å². The summed E-state index contributed by atoms with van der Waals surface area (Å²) in [6, 6.07) is 31.0. The second kappa shape index (κ2) is 11.1. The van der Waals surface area contributed by atoms with Gasteiger partial charge < -0.3 is 9.47 Å². The molecule has 5 aromatic rings. The van der Waals surface area contributed by atoms with Crippen LogP contribution < -0.4 is 14.5 Å². The Balaban J connectivity index is 1.46. The van der Waals surface area contributed by atoms with E-state index in [2.05, 4.69) is 22.2 Å². The van der Waals surface area contributed by atoms with Gasteiger partial charge >= 0.3 is 0 Å². The zero-order valence-corrected chi connectivity index (χ0v) is 21.3. The van der Waals surface area contributed by atoms with Crippen molar-refractivity contribution in [2.75, 3.05) is 19.2 Å². The van der Waals surface area contributed by atoms with Gasteiger partial charge in [0.2, 0.25) is 5.13 Å². The summed E-state index contributed by atoms with van der Waals surface area (Å²) in [5, 5.41) is 6.39. The molecule has 6 nitrogen and oxygen atoms in total. The third-order valence-corrected chi connectivity index (χ3v) is 6.84. The molecule has 0 atom stereocenters. The maximum atomic E-state index is 13.7.